The van der Waals surface area contributed by atoms with Gasteiger partial charge < -0.3 is 4.74 Å². The number of rotatable bonds is 4. The molecule has 2 aromatic rings. The highest BCUT2D eigenvalue weighted by Crippen LogP contribution is 2.84. The summed E-state index contributed by atoms with van der Waals surface area (Å²) in [5.74, 6) is -0.208. The van der Waals surface area contributed by atoms with Gasteiger partial charge in [0.05, 0.1) is 20.3 Å². The van der Waals surface area contributed by atoms with Gasteiger partial charge in [0.25, 0.3) is 0 Å². The van der Waals surface area contributed by atoms with Crippen molar-refractivity contribution < 1.29 is 21.6 Å². The van der Waals surface area contributed by atoms with E-state index in [1.54, 1.807) is 60.7 Å². The highest BCUT2D eigenvalue weighted by Gasteiger charge is 2.94. The van der Waals surface area contributed by atoms with E-state index in [2.05, 4.69) is 12.2 Å². The summed E-state index contributed by atoms with van der Waals surface area (Å²) in [6.45, 7) is 0. The minimum Gasteiger partial charge on any atom is -0.361 e. The first-order chi connectivity index (χ1) is 14.8. The number of fused-ring (bicyclic) bond motifs is 4. The number of hydrogen-bond donors (Lipinski definition) is 0. The maximum absolute atomic E-state index is 13.9. The van der Waals surface area contributed by atoms with Gasteiger partial charge in [-0.3, -0.25) is 0 Å². The van der Waals surface area contributed by atoms with Crippen LogP contribution in [-0.2, 0) is 24.4 Å². The van der Waals surface area contributed by atoms with E-state index in [0.29, 0.717) is 6.42 Å². The largest absolute Gasteiger partial charge is 0.361 e. The van der Waals surface area contributed by atoms with Gasteiger partial charge in [-0.15, -0.1) is 0 Å². The van der Waals surface area contributed by atoms with Crippen molar-refractivity contribution in [1.29, 1.82) is 0 Å². The average molecular weight is 455 g/mol. The normalized spacial score (nSPS) is 43.7. The fourth-order valence-electron chi connectivity index (χ4n) is 7.76. The highest BCUT2D eigenvalue weighted by molar-refractivity contribution is 7.96. The predicted molar refractivity (Wildman–Crippen MR) is 114 cm³/mol. The van der Waals surface area contributed by atoms with Gasteiger partial charge in [0.1, 0.15) is 11.2 Å². The zero-order valence-corrected chi connectivity index (χ0v) is 18.3. The van der Waals surface area contributed by atoms with Gasteiger partial charge in [-0.25, -0.2) is 16.8 Å². The van der Waals surface area contributed by atoms with Crippen LogP contribution in [0.25, 0.3) is 0 Å². The standard InChI is InChI=1S/C24H22O5S2/c25-30(26,17-7-3-1-4-8-17)21-19-14-20(22(21)31(27,28)18-9-5-2-6-10-18)24-16-12-11-15(13-16)23(19,24)29-24/h1-12,15-16,19-22H,13-14H2/t15-,16-,19-,20+,21-,22+,23+,24-/m0/s1. The van der Waals surface area contributed by atoms with Crippen molar-refractivity contribution in [2.45, 2.75) is 44.3 Å². The van der Waals surface area contributed by atoms with Crippen LogP contribution in [0, 0.1) is 23.7 Å². The van der Waals surface area contributed by atoms with E-state index in [4.69, 9.17) is 4.74 Å². The zero-order valence-electron chi connectivity index (χ0n) is 16.7. The second-order valence-electron chi connectivity index (χ2n) is 9.62. The van der Waals surface area contributed by atoms with E-state index in [1.165, 1.54) is 0 Å². The van der Waals surface area contributed by atoms with Crippen LogP contribution in [0.5, 0.6) is 0 Å². The molecule has 4 fully saturated rings. The lowest BCUT2D eigenvalue weighted by atomic mass is 9.73. The van der Waals surface area contributed by atoms with Crippen molar-refractivity contribution in [3.8, 4) is 0 Å². The van der Waals surface area contributed by atoms with E-state index < -0.39 is 41.4 Å². The van der Waals surface area contributed by atoms with Crippen molar-refractivity contribution in [2.24, 2.45) is 23.7 Å². The molecule has 0 radical (unpaired) electrons. The van der Waals surface area contributed by atoms with Gasteiger partial charge in [0.2, 0.25) is 0 Å². The Morgan fingerprint density at radius 3 is 1.48 bits per heavy atom. The summed E-state index contributed by atoms with van der Waals surface area (Å²) < 4.78 is 62.2. The summed E-state index contributed by atoms with van der Waals surface area (Å²) >= 11 is 0. The van der Waals surface area contributed by atoms with Crippen LogP contribution in [0.15, 0.2) is 82.6 Å². The first kappa shape index (κ1) is 18.6. The van der Waals surface area contributed by atoms with Crippen LogP contribution in [0.4, 0.5) is 0 Å². The number of epoxide rings is 1. The zero-order chi connectivity index (χ0) is 21.2. The summed E-state index contributed by atoms with van der Waals surface area (Å²) in [6.07, 6.45) is 5.89. The molecule has 0 N–H and O–H groups in total. The molecule has 1 aliphatic heterocycles. The minimum absolute atomic E-state index is 0.196. The Labute approximate surface area is 182 Å². The molecule has 7 rings (SSSR count). The molecule has 0 amide bonds. The topological polar surface area (TPSA) is 80.8 Å². The highest BCUT2D eigenvalue weighted by atomic mass is 32.2. The van der Waals surface area contributed by atoms with Gasteiger partial charge in [0.15, 0.2) is 19.7 Å². The van der Waals surface area contributed by atoms with Gasteiger partial charge in [-0.05, 0) is 37.1 Å². The van der Waals surface area contributed by atoms with Crippen LogP contribution < -0.4 is 0 Å². The molecular formula is C24H22O5S2. The summed E-state index contributed by atoms with van der Waals surface area (Å²) in [4.78, 5) is 0.393. The Morgan fingerprint density at radius 2 is 1.06 bits per heavy atom. The Hall–Kier alpha value is -1.96. The quantitative estimate of drug-likeness (QED) is 0.524. The molecule has 8 atom stereocenters. The molecule has 4 aliphatic carbocycles. The Bertz CT molecular complexity index is 1230. The lowest BCUT2D eigenvalue weighted by Gasteiger charge is -2.36. The van der Waals surface area contributed by atoms with E-state index >= 15 is 0 Å². The van der Waals surface area contributed by atoms with E-state index in [9.17, 15) is 16.8 Å². The fraction of sp³-hybridized carbons (Fsp3) is 0.417. The SMILES string of the molecule is O=S(=O)(c1ccccc1)[C@@H]1[C@H](S(=O)(=O)c2ccccc2)[C@H]2C[C@@H]1[C@@]13O[C@@]21[C@H]1C=C[C@H]3C1. The molecule has 1 heterocycles. The molecule has 5 nitrogen and oxygen atoms in total. The molecule has 0 spiro atoms. The smallest absolute Gasteiger partial charge is 0.182 e. The monoisotopic (exact) mass is 454 g/mol. The predicted octanol–water partition coefficient (Wildman–Crippen LogP) is 3.03. The third-order valence-electron chi connectivity index (χ3n) is 8.68. The van der Waals surface area contributed by atoms with Gasteiger partial charge in [-0.1, -0.05) is 48.6 Å². The van der Waals surface area contributed by atoms with Crippen molar-refractivity contribution in [2.75, 3.05) is 0 Å². The summed E-state index contributed by atoms with van der Waals surface area (Å²) in [5, 5.41) is -1.98. The Balaban J connectivity index is 1.44. The van der Waals surface area contributed by atoms with Crippen LogP contribution in [-0.4, -0.2) is 38.5 Å². The van der Waals surface area contributed by atoms with Crippen LogP contribution >= 0.6 is 0 Å². The molecule has 3 saturated carbocycles. The first-order valence-corrected chi connectivity index (χ1v) is 13.9. The molecule has 160 valence electrons. The Kier molecular flexibility index (Phi) is 3.30. The summed E-state index contributed by atoms with van der Waals surface area (Å²) in [7, 11) is -7.73. The summed E-state index contributed by atoms with van der Waals surface area (Å²) in [5.41, 5.74) is -0.987. The molecular weight excluding hydrogens is 432 g/mol. The van der Waals surface area contributed by atoms with E-state index in [0.717, 1.165) is 6.42 Å². The second-order valence-corrected chi connectivity index (χ2v) is 13.8. The van der Waals surface area contributed by atoms with Crippen molar-refractivity contribution in [3.05, 3.63) is 72.8 Å². The lowest BCUT2D eigenvalue weighted by Crippen LogP contribution is -2.54. The second kappa shape index (κ2) is 5.50. The molecule has 1 saturated heterocycles. The van der Waals surface area contributed by atoms with Crippen LogP contribution in [0.2, 0.25) is 0 Å². The lowest BCUT2D eigenvalue weighted by molar-refractivity contribution is 0.0967. The number of benzene rings is 2. The molecule has 0 unspecified atom stereocenters. The third-order valence-corrected chi connectivity index (χ3v) is 13.4. The Morgan fingerprint density at radius 1 is 0.645 bits per heavy atom. The number of sulfone groups is 2. The van der Waals surface area contributed by atoms with Gasteiger partial charge >= 0.3 is 0 Å². The molecule has 5 aliphatic rings. The van der Waals surface area contributed by atoms with Crippen molar-refractivity contribution >= 4 is 19.7 Å². The molecule has 2 aromatic carbocycles. The maximum atomic E-state index is 13.9. The van der Waals surface area contributed by atoms with E-state index in [-0.39, 0.29) is 33.5 Å². The van der Waals surface area contributed by atoms with Gasteiger partial charge in [0, 0.05) is 23.7 Å². The summed E-state index contributed by atoms with van der Waals surface area (Å²) in [6, 6.07) is 16.6. The van der Waals surface area contributed by atoms with E-state index in [1.807, 2.05) is 0 Å². The first-order valence-electron chi connectivity index (χ1n) is 10.8. The minimum atomic E-state index is -3.86. The molecule has 31 heavy (non-hydrogen) atoms. The number of hydrogen-bond acceptors (Lipinski definition) is 5. The van der Waals surface area contributed by atoms with Crippen molar-refractivity contribution in [3.63, 3.8) is 0 Å². The fourth-order valence-corrected chi connectivity index (χ4v) is 12.9. The van der Waals surface area contributed by atoms with Crippen molar-refractivity contribution in [1.82, 2.24) is 0 Å². The molecule has 7 heteroatoms. The average Bonchev–Trinajstić information content (AvgIpc) is 3.16. The maximum Gasteiger partial charge on any atom is 0.182 e. The van der Waals surface area contributed by atoms with Crippen LogP contribution in [0.3, 0.4) is 0 Å². The third kappa shape index (κ3) is 1.90. The molecule has 4 bridgehead atoms. The van der Waals surface area contributed by atoms with Crippen LogP contribution in [0.1, 0.15) is 12.8 Å². The molecule has 0 aromatic heterocycles. The number of ether oxygens (including phenoxy) is 1. The van der Waals surface area contributed by atoms with Gasteiger partial charge in [-0.2, -0.15) is 0 Å².